The summed E-state index contributed by atoms with van der Waals surface area (Å²) >= 11 is 0. The summed E-state index contributed by atoms with van der Waals surface area (Å²) in [5, 5.41) is 2.71. The van der Waals surface area contributed by atoms with Gasteiger partial charge in [-0.2, -0.15) is 0 Å². The van der Waals surface area contributed by atoms with Gasteiger partial charge in [0.1, 0.15) is 0 Å². The van der Waals surface area contributed by atoms with Gasteiger partial charge < -0.3 is 10.1 Å². The summed E-state index contributed by atoms with van der Waals surface area (Å²) in [6.07, 6.45) is 0.982. The molecule has 0 aliphatic heterocycles. The molecule has 0 aliphatic rings. The molecule has 0 fully saturated rings. The number of para-hydroxylation sites is 1. The molecule has 1 aromatic rings. The molecule has 0 spiro atoms. The van der Waals surface area contributed by atoms with Crippen LogP contribution in [-0.2, 0) is 19.6 Å². The summed E-state index contributed by atoms with van der Waals surface area (Å²) in [5.41, 5.74) is 0.151. The van der Waals surface area contributed by atoms with Crippen molar-refractivity contribution in [2.45, 2.75) is 26.8 Å². The van der Waals surface area contributed by atoms with Crippen molar-refractivity contribution in [2.75, 3.05) is 17.6 Å². The van der Waals surface area contributed by atoms with Crippen LogP contribution in [0, 0.1) is 5.92 Å². The molecular weight excluding hydrogens is 320 g/mol. The highest BCUT2D eigenvalue weighted by atomic mass is 32.2. The Morgan fingerprint density at radius 1 is 1.17 bits per heavy atom. The number of hydrogen-bond donors (Lipinski definition) is 2. The number of anilines is 1. The van der Waals surface area contributed by atoms with E-state index in [9.17, 15) is 18.0 Å². The summed E-state index contributed by atoms with van der Waals surface area (Å²) in [6, 6.07) is 5.98. The van der Waals surface area contributed by atoms with Gasteiger partial charge in [-0.15, -0.1) is 0 Å². The van der Waals surface area contributed by atoms with Crippen molar-refractivity contribution in [3.05, 3.63) is 29.8 Å². The van der Waals surface area contributed by atoms with Crippen LogP contribution < -0.4 is 10.0 Å². The number of rotatable bonds is 7. The first-order chi connectivity index (χ1) is 10.6. The first-order valence-corrected chi connectivity index (χ1v) is 9.02. The molecule has 1 atom stereocenters. The van der Waals surface area contributed by atoms with Crippen molar-refractivity contribution in [1.29, 1.82) is 0 Å². The van der Waals surface area contributed by atoms with Crippen molar-refractivity contribution in [3.8, 4) is 0 Å². The SMILES string of the molecule is CC(C)C(C)NC(=O)COC(=O)c1ccccc1NS(C)(=O)=O. The zero-order valence-electron chi connectivity index (χ0n) is 13.6. The Morgan fingerprint density at radius 3 is 2.35 bits per heavy atom. The molecule has 0 bridgehead atoms. The Kier molecular flexibility index (Phi) is 6.56. The third-order valence-electron chi connectivity index (χ3n) is 3.17. The fourth-order valence-electron chi connectivity index (χ4n) is 1.62. The van der Waals surface area contributed by atoms with Crippen molar-refractivity contribution in [2.24, 2.45) is 5.92 Å². The summed E-state index contributed by atoms with van der Waals surface area (Å²) in [5.74, 6) is -0.924. The molecule has 1 rings (SSSR count). The van der Waals surface area contributed by atoms with Gasteiger partial charge in [-0.25, -0.2) is 13.2 Å². The molecular formula is C15H22N2O5S. The number of ether oxygens (including phenoxy) is 1. The third-order valence-corrected chi connectivity index (χ3v) is 3.76. The average molecular weight is 342 g/mol. The third kappa shape index (κ3) is 6.68. The molecule has 0 aromatic heterocycles. The number of carbonyl (C=O) groups excluding carboxylic acids is 2. The number of carbonyl (C=O) groups is 2. The molecule has 8 heteroatoms. The highest BCUT2D eigenvalue weighted by molar-refractivity contribution is 7.92. The minimum absolute atomic E-state index is 0.0413. The Hall–Kier alpha value is -2.09. The predicted octanol–water partition coefficient (Wildman–Crippen LogP) is 1.38. The molecule has 128 valence electrons. The van der Waals surface area contributed by atoms with Crippen LogP contribution in [-0.4, -0.2) is 39.2 Å². The van der Waals surface area contributed by atoms with Gasteiger partial charge in [0.15, 0.2) is 6.61 Å². The van der Waals surface area contributed by atoms with Gasteiger partial charge in [0.25, 0.3) is 5.91 Å². The Bertz CT molecular complexity index is 670. The van der Waals surface area contributed by atoms with Gasteiger partial charge in [-0.05, 0) is 25.0 Å². The lowest BCUT2D eigenvalue weighted by Crippen LogP contribution is -2.38. The van der Waals surface area contributed by atoms with E-state index in [0.29, 0.717) is 0 Å². The van der Waals surface area contributed by atoms with Gasteiger partial charge in [-0.3, -0.25) is 9.52 Å². The lowest BCUT2D eigenvalue weighted by molar-refractivity contribution is -0.125. The van der Waals surface area contributed by atoms with Crippen LogP contribution in [0.1, 0.15) is 31.1 Å². The minimum atomic E-state index is -3.53. The van der Waals surface area contributed by atoms with Gasteiger partial charge in [0.05, 0.1) is 17.5 Å². The van der Waals surface area contributed by atoms with Gasteiger partial charge in [0, 0.05) is 6.04 Å². The molecule has 1 amide bonds. The van der Waals surface area contributed by atoms with Gasteiger partial charge in [-0.1, -0.05) is 26.0 Å². The quantitative estimate of drug-likeness (QED) is 0.729. The average Bonchev–Trinajstić information content (AvgIpc) is 2.43. The van der Waals surface area contributed by atoms with Gasteiger partial charge >= 0.3 is 5.97 Å². The Morgan fingerprint density at radius 2 is 1.78 bits per heavy atom. The molecule has 23 heavy (non-hydrogen) atoms. The van der Waals surface area contributed by atoms with Crippen LogP contribution in [0.3, 0.4) is 0 Å². The highest BCUT2D eigenvalue weighted by Crippen LogP contribution is 2.17. The van der Waals surface area contributed by atoms with Crippen LogP contribution in [0.4, 0.5) is 5.69 Å². The van der Waals surface area contributed by atoms with Gasteiger partial charge in [0.2, 0.25) is 10.0 Å². The van der Waals surface area contributed by atoms with E-state index in [-0.39, 0.29) is 23.2 Å². The maximum absolute atomic E-state index is 12.0. The van der Waals surface area contributed by atoms with E-state index < -0.39 is 28.5 Å². The number of amides is 1. The second-order valence-corrected chi connectivity index (χ2v) is 7.34. The molecule has 2 N–H and O–H groups in total. The summed E-state index contributed by atoms with van der Waals surface area (Å²) in [6.45, 7) is 5.35. The van der Waals surface area contributed by atoms with Crippen LogP contribution in [0.15, 0.2) is 24.3 Å². The molecule has 1 unspecified atom stereocenters. The van der Waals surface area contributed by atoms with E-state index in [0.717, 1.165) is 6.26 Å². The van der Waals surface area contributed by atoms with E-state index >= 15 is 0 Å². The smallest absolute Gasteiger partial charge is 0.340 e. The van der Waals surface area contributed by atoms with E-state index in [4.69, 9.17) is 4.74 Å². The fraction of sp³-hybridized carbons (Fsp3) is 0.467. The fourth-order valence-corrected chi connectivity index (χ4v) is 2.20. The van der Waals surface area contributed by atoms with Crippen LogP contribution in [0.2, 0.25) is 0 Å². The van der Waals surface area contributed by atoms with Crippen molar-refractivity contribution in [1.82, 2.24) is 5.32 Å². The summed E-state index contributed by atoms with van der Waals surface area (Å²) in [4.78, 5) is 23.7. The Labute approximate surface area is 136 Å². The van der Waals surface area contributed by atoms with Crippen molar-refractivity contribution < 1.29 is 22.7 Å². The number of esters is 1. The van der Waals surface area contributed by atoms with Crippen LogP contribution >= 0.6 is 0 Å². The molecule has 1 aromatic carbocycles. The summed E-state index contributed by atoms with van der Waals surface area (Å²) < 4.78 is 29.8. The lowest BCUT2D eigenvalue weighted by Gasteiger charge is -2.17. The van der Waals surface area contributed by atoms with Crippen molar-refractivity contribution >= 4 is 27.6 Å². The lowest BCUT2D eigenvalue weighted by atomic mass is 10.1. The predicted molar refractivity (Wildman–Crippen MR) is 87.6 cm³/mol. The molecule has 0 saturated carbocycles. The Balaban J connectivity index is 2.70. The second kappa shape index (κ2) is 7.96. The minimum Gasteiger partial charge on any atom is -0.452 e. The number of hydrogen-bond acceptors (Lipinski definition) is 5. The molecule has 0 radical (unpaired) electrons. The maximum Gasteiger partial charge on any atom is 0.340 e. The second-order valence-electron chi connectivity index (χ2n) is 5.60. The van der Waals surface area contributed by atoms with E-state index in [1.54, 1.807) is 12.1 Å². The molecule has 0 aliphatic carbocycles. The molecule has 0 heterocycles. The standard InChI is InChI=1S/C15H22N2O5S/c1-10(2)11(3)16-14(18)9-22-15(19)12-7-5-6-8-13(12)17-23(4,20)21/h5-8,10-11,17H,9H2,1-4H3,(H,16,18). The number of sulfonamides is 1. The number of benzene rings is 1. The van der Waals surface area contributed by atoms with E-state index in [2.05, 4.69) is 10.0 Å². The first-order valence-electron chi connectivity index (χ1n) is 7.13. The zero-order chi connectivity index (χ0) is 17.6. The van der Waals surface area contributed by atoms with E-state index in [1.807, 2.05) is 20.8 Å². The normalized spacial score (nSPS) is 12.6. The zero-order valence-corrected chi connectivity index (χ0v) is 14.4. The maximum atomic E-state index is 12.0. The first kappa shape index (κ1) is 19.0. The topological polar surface area (TPSA) is 102 Å². The van der Waals surface area contributed by atoms with E-state index in [1.165, 1.54) is 12.1 Å². The molecule has 7 nitrogen and oxygen atoms in total. The summed E-state index contributed by atoms with van der Waals surface area (Å²) in [7, 11) is -3.53. The molecule has 0 saturated heterocycles. The monoisotopic (exact) mass is 342 g/mol. The van der Waals surface area contributed by atoms with Crippen LogP contribution in [0.25, 0.3) is 0 Å². The largest absolute Gasteiger partial charge is 0.452 e. The van der Waals surface area contributed by atoms with Crippen LogP contribution in [0.5, 0.6) is 0 Å². The van der Waals surface area contributed by atoms with Crippen molar-refractivity contribution in [3.63, 3.8) is 0 Å². The number of nitrogens with one attached hydrogen (secondary N) is 2. The highest BCUT2D eigenvalue weighted by Gasteiger charge is 2.17.